The van der Waals surface area contributed by atoms with Crippen LogP contribution in [0.25, 0.3) is 11.0 Å². The highest BCUT2D eigenvalue weighted by atomic mass is 35.5. The zero-order chi connectivity index (χ0) is 15.5. The molecule has 0 unspecified atom stereocenters. The van der Waals surface area contributed by atoms with Gasteiger partial charge in [0.25, 0.3) is 0 Å². The van der Waals surface area contributed by atoms with Gasteiger partial charge in [0.1, 0.15) is 16.8 Å². The van der Waals surface area contributed by atoms with E-state index in [1.807, 2.05) is 13.8 Å². The molecule has 0 bridgehead atoms. The second-order valence-electron chi connectivity index (χ2n) is 4.53. The number of nitrogens with zero attached hydrogens (tertiary/aromatic N) is 3. The summed E-state index contributed by atoms with van der Waals surface area (Å²) >= 11 is 6.37. The molecule has 0 atom stereocenters. The summed E-state index contributed by atoms with van der Waals surface area (Å²) < 4.78 is 11.2. The average molecular weight is 319 g/mol. The van der Waals surface area contributed by atoms with Crippen LogP contribution in [0.4, 0.5) is 0 Å². The Bertz CT molecular complexity index is 789. The first kappa shape index (κ1) is 14.6. The number of aromatic amines is 1. The molecule has 3 aromatic heterocycles. The molecule has 6 nitrogen and oxygen atoms in total. The van der Waals surface area contributed by atoms with E-state index in [9.17, 15) is 0 Å². The lowest BCUT2D eigenvalue weighted by Crippen LogP contribution is -1.99. The number of rotatable bonds is 5. The third kappa shape index (κ3) is 2.69. The van der Waals surface area contributed by atoms with Crippen molar-refractivity contribution in [2.45, 2.75) is 20.3 Å². The number of fused-ring (bicyclic) bond motifs is 1. The van der Waals surface area contributed by atoms with Crippen LogP contribution in [0.1, 0.15) is 19.5 Å². The predicted octanol–water partition coefficient (Wildman–Crippen LogP) is 3.76. The van der Waals surface area contributed by atoms with Crippen LogP contribution in [0.2, 0.25) is 5.02 Å². The topological polar surface area (TPSA) is 72.9 Å². The van der Waals surface area contributed by atoms with E-state index < -0.39 is 0 Å². The van der Waals surface area contributed by atoms with Crippen LogP contribution in [0.5, 0.6) is 17.6 Å². The standard InChI is InChI=1S/C15H15ClN4O2/c1-3-10-12(16)11-13(18-10)19-15(20-14(11)21-4-2)22-9-6-5-7-17-8-9/h5-8H,3-4H2,1-2H3,(H,18,19,20). The minimum absolute atomic E-state index is 0.185. The van der Waals surface area contributed by atoms with Gasteiger partial charge in [-0.1, -0.05) is 18.5 Å². The molecular formula is C15H15ClN4O2. The molecule has 0 aliphatic carbocycles. The van der Waals surface area contributed by atoms with Crippen LogP contribution in [-0.4, -0.2) is 26.5 Å². The first-order chi connectivity index (χ1) is 10.7. The molecule has 0 aliphatic heterocycles. The fourth-order valence-corrected chi connectivity index (χ4v) is 2.45. The Hall–Kier alpha value is -2.34. The van der Waals surface area contributed by atoms with Crippen LogP contribution in [0, 0.1) is 0 Å². The zero-order valence-corrected chi connectivity index (χ0v) is 13.0. The lowest BCUT2D eigenvalue weighted by Gasteiger charge is -2.07. The highest BCUT2D eigenvalue weighted by Crippen LogP contribution is 2.35. The number of aromatic nitrogens is 4. The first-order valence-electron chi connectivity index (χ1n) is 7.01. The van der Waals surface area contributed by atoms with Gasteiger partial charge >= 0.3 is 6.01 Å². The smallest absolute Gasteiger partial charge is 0.327 e. The van der Waals surface area contributed by atoms with Crippen LogP contribution < -0.4 is 9.47 Å². The zero-order valence-electron chi connectivity index (χ0n) is 12.3. The monoisotopic (exact) mass is 318 g/mol. The number of H-pyrrole nitrogens is 1. The summed E-state index contributed by atoms with van der Waals surface area (Å²) in [6.45, 7) is 4.37. The Morgan fingerprint density at radius 2 is 2.14 bits per heavy atom. The van der Waals surface area contributed by atoms with Crippen molar-refractivity contribution >= 4 is 22.6 Å². The first-order valence-corrected chi connectivity index (χ1v) is 7.39. The molecule has 1 N–H and O–H groups in total. The Morgan fingerprint density at radius 3 is 2.82 bits per heavy atom. The maximum atomic E-state index is 6.37. The molecule has 0 fully saturated rings. The van der Waals surface area contributed by atoms with Crippen molar-refractivity contribution in [3.8, 4) is 17.6 Å². The van der Waals surface area contributed by atoms with E-state index >= 15 is 0 Å². The van der Waals surface area contributed by atoms with Gasteiger partial charge in [0.05, 0.1) is 17.8 Å². The predicted molar refractivity (Wildman–Crippen MR) is 83.8 cm³/mol. The molecule has 0 saturated heterocycles. The summed E-state index contributed by atoms with van der Waals surface area (Å²) in [6.07, 6.45) is 4.02. The Labute approximate surface area is 132 Å². The maximum absolute atomic E-state index is 6.37. The molecule has 3 heterocycles. The number of hydrogen-bond acceptors (Lipinski definition) is 5. The Morgan fingerprint density at radius 1 is 1.27 bits per heavy atom. The summed E-state index contributed by atoms with van der Waals surface area (Å²) in [7, 11) is 0. The average Bonchev–Trinajstić information content (AvgIpc) is 2.85. The van der Waals surface area contributed by atoms with Gasteiger partial charge in [-0.05, 0) is 25.5 Å². The number of nitrogens with one attached hydrogen (secondary N) is 1. The summed E-state index contributed by atoms with van der Waals surface area (Å²) in [5, 5.41) is 1.27. The van der Waals surface area contributed by atoms with Crippen molar-refractivity contribution in [1.82, 2.24) is 19.9 Å². The summed E-state index contributed by atoms with van der Waals surface area (Å²) in [4.78, 5) is 15.8. The van der Waals surface area contributed by atoms with E-state index in [0.717, 1.165) is 12.1 Å². The quantitative estimate of drug-likeness (QED) is 0.775. The van der Waals surface area contributed by atoms with E-state index in [0.29, 0.717) is 34.3 Å². The molecule has 0 saturated carbocycles. The fraction of sp³-hybridized carbons (Fsp3) is 0.267. The molecule has 0 aromatic carbocycles. The van der Waals surface area contributed by atoms with Gasteiger partial charge in [-0.3, -0.25) is 4.98 Å². The fourth-order valence-electron chi connectivity index (χ4n) is 2.10. The normalized spacial score (nSPS) is 10.9. The van der Waals surface area contributed by atoms with Crippen molar-refractivity contribution in [1.29, 1.82) is 0 Å². The molecule has 0 aliphatic rings. The third-order valence-corrected chi connectivity index (χ3v) is 3.50. The molecule has 114 valence electrons. The van der Waals surface area contributed by atoms with E-state index in [2.05, 4.69) is 19.9 Å². The minimum Gasteiger partial charge on any atom is -0.477 e. The molecule has 3 aromatic rings. The summed E-state index contributed by atoms with van der Waals surface area (Å²) in [5.41, 5.74) is 1.49. The lowest BCUT2D eigenvalue weighted by molar-refractivity contribution is 0.323. The van der Waals surface area contributed by atoms with Gasteiger partial charge in [-0.2, -0.15) is 9.97 Å². The molecule has 22 heavy (non-hydrogen) atoms. The van der Waals surface area contributed by atoms with Gasteiger partial charge in [0.15, 0.2) is 0 Å². The lowest BCUT2D eigenvalue weighted by atomic mass is 10.3. The van der Waals surface area contributed by atoms with Gasteiger partial charge in [0, 0.05) is 11.9 Å². The Kier molecular flexibility index (Phi) is 4.11. The number of aryl methyl sites for hydroxylation is 1. The number of hydrogen-bond donors (Lipinski definition) is 1. The number of pyridine rings is 1. The van der Waals surface area contributed by atoms with Crippen LogP contribution in [-0.2, 0) is 6.42 Å². The van der Waals surface area contributed by atoms with Crippen molar-refractivity contribution in [2.24, 2.45) is 0 Å². The maximum Gasteiger partial charge on any atom is 0.327 e. The Balaban J connectivity index is 2.08. The highest BCUT2D eigenvalue weighted by molar-refractivity contribution is 6.36. The third-order valence-electron chi connectivity index (χ3n) is 3.09. The minimum atomic E-state index is 0.185. The molecule has 3 rings (SSSR count). The molecule has 0 radical (unpaired) electrons. The highest BCUT2D eigenvalue weighted by Gasteiger charge is 2.18. The van der Waals surface area contributed by atoms with E-state index in [4.69, 9.17) is 21.1 Å². The second kappa shape index (κ2) is 6.19. The van der Waals surface area contributed by atoms with Crippen molar-refractivity contribution in [2.75, 3.05) is 6.61 Å². The number of ether oxygens (including phenoxy) is 2. The van der Waals surface area contributed by atoms with Gasteiger partial charge in [-0.15, -0.1) is 0 Å². The second-order valence-corrected chi connectivity index (χ2v) is 4.91. The largest absolute Gasteiger partial charge is 0.477 e. The van der Waals surface area contributed by atoms with Crippen LogP contribution in [0.15, 0.2) is 24.5 Å². The van der Waals surface area contributed by atoms with Crippen molar-refractivity contribution in [3.63, 3.8) is 0 Å². The van der Waals surface area contributed by atoms with E-state index in [-0.39, 0.29) is 6.01 Å². The van der Waals surface area contributed by atoms with Crippen molar-refractivity contribution < 1.29 is 9.47 Å². The van der Waals surface area contributed by atoms with Crippen molar-refractivity contribution in [3.05, 3.63) is 35.2 Å². The molecule has 0 spiro atoms. The van der Waals surface area contributed by atoms with Gasteiger partial charge in [-0.25, -0.2) is 0 Å². The molecule has 7 heteroatoms. The van der Waals surface area contributed by atoms with Gasteiger partial charge < -0.3 is 14.5 Å². The van der Waals surface area contributed by atoms with Crippen LogP contribution >= 0.6 is 11.6 Å². The molecule has 0 amide bonds. The molecular weight excluding hydrogens is 304 g/mol. The van der Waals surface area contributed by atoms with Crippen LogP contribution in [0.3, 0.4) is 0 Å². The SMILES string of the molecule is CCOc1nc(Oc2cccnc2)nc2[nH]c(CC)c(Cl)c12. The number of halogens is 1. The summed E-state index contributed by atoms with van der Waals surface area (Å²) in [5.74, 6) is 0.963. The van der Waals surface area contributed by atoms with Gasteiger partial charge in [0.2, 0.25) is 5.88 Å². The van der Waals surface area contributed by atoms with E-state index in [1.54, 1.807) is 24.5 Å². The summed E-state index contributed by atoms with van der Waals surface area (Å²) in [6, 6.07) is 3.74. The van der Waals surface area contributed by atoms with E-state index in [1.165, 1.54) is 0 Å².